The Morgan fingerprint density at radius 1 is 1.25 bits per heavy atom. The van der Waals surface area contributed by atoms with Crippen LogP contribution in [-0.2, 0) is 4.74 Å². The van der Waals surface area contributed by atoms with Crippen LogP contribution in [0.5, 0.6) is 0 Å². The normalized spacial score (nSPS) is 21.9. The third-order valence-corrected chi connectivity index (χ3v) is 3.93. The van der Waals surface area contributed by atoms with Crippen LogP contribution in [0.4, 0.5) is 0 Å². The molecule has 1 aliphatic heterocycles. The van der Waals surface area contributed by atoms with Crippen molar-refractivity contribution in [3.63, 3.8) is 0 Å². The first-order valence-electron chi connectivity index (χ1n) is 7.03. The summed E-state index contributed by atoms with van der Waals surface area (Å²) in [5.41, 5.74) is 0. The average Bonchev–Trinajstić information content (AvgIpc) is 2.35. The van der Waals surface area contributed by atoms with E-state index in [0.29, 0.717) is 5.92 Å². The van der Waals surface area contributed by atoms with Crippen LogP contribution in [0, 0.1) is 11.8 Å². The van der Waals surface area contributed by atoms with E-state index >= 15 is 0 Å². The molecule has 2 nitrogen and oxygen atoms in total. The highest BCUT2D eigenvalue weighted by Gasteiger charge is 2.24. The van der Waals surface area contributed by atoms with Crippen molar-refractivity contribution in [2.24, 2.45) is 11.8 Å². The average molecular weight is 228 g/mol. The second-order valence-corrected chi connectivity index (χ2v) is 5.17. The summed E-state index contributed by atoms with van der Waals surface area (Å²) in [4.78, 5) is 0. The molecule has 1 N–H and O–H groups in total. The van der Waals surface area contributed by atoms with Gasteiger partial charge in [-0.25, -0.2) is 0 Å². The lowest BCUT2D eigenvalue weighted by molar-refractivity contribution is -0.00214. The molecular weight excluding hydrogens is 200 g/mol. The Morgan fingerprint density at radius 3 is 2.50 bits per heavy atom. The number of aliphatic hydroxyl groups excluding tert-OH is 1. The zero-order chi connectivity index (χ0) is 11.8. The summed E-state index contributed by atoms with van der Waals surface area (Å²) in [6.07, 6.45) is 8.07. The van der Waals surface area contributed by atoms with Crippen LogP contribution >= 0.6 is 0 Å². The lowest BCUT2D eigenvalue weighted by Crippen LogP contribution is -2.29. The first-order valence-corrected chi connectivity index (χ1v) is 7.03. The minimum absolute atomic E-state index is 0.0919. The van der Waals surface area contributed by atoms with Gasteiger partial charge in [-0.15, -0.1) is 0 Å². The Hall–Kier alpha value is -0.0800. The maximum atomic E-state index is 10.2. The third-order valence-electron chi connectivity index (χ3n) is 3.93. The summed E-state index contributed by atoms with van der Waals surface area (Å²) in [7, 11) is 0. The van der Waals surface area contributed by atoms with Gasteiger partial charge >= 0.3 is 0 Å². The molecule has 2 atom stereocenters. The number of hydrogen-bond donors (Lipinski definition) is 1. The minimum atomic E-state index is -0.0919. The zero-order valence-electron chi connectivity index (χ0n) is 11.0. The first kappa shape index (κ1) is 14.0. The second kappa shape index (κ2) is 8.08. The van der Waals surface area contributed by atoms with Crippen LogP contribution in [0.2, 0.25) is 0 Å². The molecule has 2 unspecified atom stereocenters. The van der Waals surface area contributed by atoms with E-state index in [-0.39, 0.29) is 6.10 Å². The smallest absolute Gasteiger partial charge is 0.0572 e. The summed E-state index contributed by atoms with van der Waals surface area (Å²) < 4.78 is 5.33. The predicted octanol–water partition coefficient (Wildman–Crippen LogP) is 3.38. The highest BCUT2D eigenvalue weighted by atomic mass is 16.5. The van der Waals surface area contributed by atoms with Gasteiger partial charge in [0.15, 0.2) is 0 Å². The first-order chi connectivity index (χ1) is 7.77. The quantitative estimate of drug-likeness (QED) is 0.724. The van der Waals surface area contributed by atoms with E-state index < -0.39 is 0 Å². The Labute approximate surface area is 100 Å². The molecule has 0 amide bonds. The van der Waals surface area contributed by atoms with Crippen molar-refractivity contribution in [3.8, 4) is 0 Å². The van der Waals surface area contributed by atoms with Crippen molar-refractivity contribution >= 4 is 0 Å². The van der Waals surface area contributed by atoms with Gasteiger partial charge in [0.05, 0.1) is 6.10 Å². The number of aliphatic hydroxyl groups is 1. The molecule has 0 aliphatic carbocycles. The van der Waals surface area contributed by atoms with Gasteiger partial charge in [0.2, 0.25) is 0 Å². The van der Waals surface area contributed by atoms with Gasteiger partial charge in [0.25, 0.3) is 0 Å². The van der Waals surface area contributed by atoms with E-state index in [1.54, 1.807) is 0 Å². The van der Waals surface area contributed by atoms with Crippen molar-refractivity contribution in [3.05, 3.63) is 0 Å². The summed E-state index contributed by atoms with van der Waals surface area (Å²) in [6.45, 7) is 6.17. The van der Waals surface area contributed by atoms with Crippen LogP contribution in [0.3, 0.4) is 0 Å². The molecule has 0 aromatic heterocycles. The molecule has 0 saturated carbocycles. The minimum Gasteiger partial charge on any atom is -0.393 e. The Morgan fingerprint density at radius 2 is 1.94 bits per heavy atom. The molecule has 0 aromatic carbocycles. The van der Waals surface area contributed by atoms with Crippen molar-refractivity contribution in [2.45, 2.75) is 64.9 Å². The summed E-state index contributed by atoms with van der Waals surface area (Å²) in [6, 6.07) is 0. The molecule has 1 rings (SSSR count). The maximum absolute atomic E-state index is 10.2. The number of rotatable bonds is 7. The molecule has 0 aromatic rings. The molecule has 0 bridgehead atoms. The second-order valence-electron chi connectivity index (χ2n) is 5.17. The van der Waals surface area contributed by atoms with E-state index in [1.165, 1.54) is 25.7 Å². The largest absolute Gasteiger partial charge is 0.393 e. The summed E-state index contributed by atoms with van der Waals surface area (Å²) in [5, 5.41) is 10.2. The Balaban J connectivity index is 2.26. The van der Waals surface area contributed by atoms with E-state index in [4.69, 9.17) is 4.74 Å². The molecule has 0 radical (unpaired) electrons. The maximum Gasteiger partial charge on any atom is 0.0572 e. The van der Waals surface area contributed by atoms with E-state index in [2.05, 4.69) is 13.8 Å². The molecule has 1 fully saturated rings. The molecular formula is C14H28O2. The molecule has 1 aliphatic rings. The fourth-order valence-corrected chi connectivity index (χ4v) is 2.62. The topological polar surface area (TPSA) is 29.5 Å². The molecule has 2 heteroatoms. The van der Waals surface area contributed by atoms with Crippen molar-refractivity contribution in [2.75, 3.05) is 13.2 Å². The Bertz CT molecular complexity index is 164. The zero-order valence-corrected chi connectivity index (χ0v) is 11.0. The van der Waals surface area contributed by atoms with E-state index in [0.717, 1.165) is 38.4 Å². The number of ether oxygens (including phenoxy) is 1. The van der Waals surface area contributed by atoms with Crippen LogP contribution in [0.1, 0.15) is 58.8 Å². The van der Waals surface area contributed by atoms with Crippen LogP contribution in [-0.4, -0.2) is 24.4 Å². The van der Waals surface area contributed by atoms with Crippen molar-refractivity contribution < 1.29 is 9.84 Å². The monoisotopic (exact) mass is 228 g/mol. The van der Waals surface area contributed by atoms with Gasteiger partial charge in [-0.05, 0) is 31.1 Å². The molecule has 0 spiro atoms. The van der Waals surface area contributed by atoms with Gasteiger partial charge in [0.1, 0.15) is 0 Å². The molecule has 16 heavy (non-hydrogen) atoms. The van der Waals surface area contributed by atoms with Gasteiger partial charge in [-0.2, -0.15) is 0 Å². The van der Waals surface area contributed by atoms with Crippen LogP contribution in [0.25, 0.3) is 0 Å². The van der Waals surface area contributed by atoms with Gasteiger partial charge in [-0.3, -0.25) is 0 Å². The van der Waals surface area contributed by atoms with Gasteiger partial charge in [0, 0.05) is 13.2 Å². The van der Waals surface area contributed by atoms with E-state index in [1.807, 2.05) is 0 Å². The highest BCUT2D eigenvalue weighted by Crippen LogP contribution is 2.26. The fraction of sp³-hybridized carbons (Fsp3) is 1.00. The van der Waals surface area contributed by atoms with Gasteiger partial charge in [-0.1, -0.05) is 39.5 Å². The fourth-order valence-electron chi connectivity index (χ4n) is 2.62. The van der Waals surface area contributed by atoms with Crippen LogP contribution in [0.15, 0.2) is 0 Å². The predicted molar refractivity (Wildman–Crippen MR) is 67.5 cm³/mol. The van der Waals surface area contributed by atoms with Crippen molar-refractivity contribution in [1.29, 1.82) is 0 Å². The molecule has 1 heterocycles. The summed E-state index contributed by atoms with van der Waals surface area (Å²) >= 11 is 0. The van der Waals surface area contributed by atoms with Crippen LogP contribution < -0.4 is 0 Å². The van der Waals surface area contributed by atoms with Crippen molar-refractivity contribution in [1.82, 2.24) is 0 Å². The summed E-state index contributed by atoms with van der Waals surface area (Å²) in [5.74, 6) is 1.21. The molecule has 1 saturated heterocycles. The number of hydrogen-bond acceptors (Lipinski definition) is 2. The third kappa shape index (κ3) is 4.84. The lowest BCUT2D eigenvalue weighted by Gasteiger charge is -2.29. The SMILES string of the molecule is CCCCC(CC)CC(O)C1CCOCC1. The van der Waals surface area contributed by atoms with E-state index in [9.17, 15) is 5.11 Å². The number of unbranched alkanes of at least 4 members (excludes halogenated alkanes) is 1. The highest BCUT2D eigenvalue weighted by molar-refractivity contribution is 4.74. The Kier molecular flexibility index (Phi) is 7.06. The molecule has 96 valence electrons. The standard InChI is InChI=1S/C14H28O2/c1-3-5-6-12(4-2)11-14(15)13-7-9-16-10-8-13/h12-15H,3-11H2,1-2H3. The lowest BCUT2D eigenvalue weighted by atomic mass is 9.85. The van der Waals surface area contributed by atoms with Gasteiger partial charge < -0.3 is 9.84 Å².